The number of carbonyl (C=O) groups is 1. The Morgan fingerprint density at radius 3 is 2.20 bits per heavy atom. The minimum Gasteiger partial charge on any atom is -0.352 e. The van der Waals surface area contributed by atoms with Crippen molar-refractivity contribution in [3.63, 3.8) is 0 Å². The van der Waals surface area contributed by atoms with Crippen LogP contribution in [0.5, 0.6) is 0 Å². The van der Waals surface area contributed by atoms with Crippen molar-refractivity contribution in [2.45, 2.75) is 72.0 Å². The largest absolute Gasteiger partial charge is 0.352 e. The van der Waals surface area contributed by atoms with Crippen LogP contribution in [0, 0.1) is 5.92 Å². The predicted molar refractivity (Wildman–Crippen MR) is 86.9 cm³/mol. The molecule has 4 heteroatoms. The third-order valence-corrected chi connectivity index (χ3v) is 3.33. The molecule has 0 radical (unpaired) electrons. The van der Waals surface area contributed by atoms with Crippen LogP contribution in [0.25, 0.3) is 0 Å². The first-order chi connectivity index (χ1) is 9.26. The molecule has 1 amide bonds. The Kier molecular flexibility index (Phi) is 9.86. The van der Waals surface area contributed by atoms with Crippen LogP contribution in [0.1, 0.15) is 53.9 Å². The Labute approximate surface area is 125 Å². The lowest BCUT2D eigenvalue weighted by atomic mass is 10.0. The molecular formula is C16H35N3O. The number of nitrogens with zero attached hydrogens (tertiary/aromatic N) is 1. The van der Waals surface area contributed by atoms with E-state index in [0.29, 0.717) is 12.0 Å². The summed E-state index contributed by atoms with van der Waals surface area (Å²) in [5.41, 5.74) is 0. The van der Waals surface area contributed by atoms with Crippen molar-refractivity contribution < 1.29 is 4.79 Å². The van der Waals surface area contributed by atoms with Gasteiger partial charge in [0, 0.05) is 18.6 Å². The highest BCUT2D eigenvalue weighted by Gasteiger charge is 2.20. The van der Waals surface area contributed by atoms with Gasteiger partial charge in [-0.15, -0.1) is 0 Å². The second-order valence-corrected chi connectivity index (χ2v) is 6.68. The van der Waals surface area contributed by atoms with Crippen molar-refractivity contribution in [2.24, 2.45) is 5.92 Å². The SMILES string of the molecule is CCCC(C)NC(=O)C(C)NC(CC(C)C)CN(C)C. The van der Waals surface area contributed by atoms with E-state index in [1.165, 1.54) is 0 Å². The quantitative estimate of drug-likeness (QED) is 0.647. The van der Waals surface area contributed by atoms with Crippen molar-refractivity contribution >= 4 is 5.91 Å². The molecule has 0 rings (SSSR count). The van der Waals surface area contributed by atoms with Gasteiger partial charge in [-0.25, -0.2) is 0 Å². The molecule has 0 aliphatic heterocycles. The van der Waals surface area contributed by atoms with Gasteiger partial charge in [0.15, 0.2) is 0 Å². The first kappa shape index (κ1) is 19.4. The molecule has 4 nitrogen and oxygen atoms in total. The zero-order valence-electron chi connectivity index (χ0n) is 14.5. The van der Waals surface area contributed by atoms with Crippen molar-refractivity contribution in [2.75, 3.05) is 20.6 Å². The van der Waals surface area contributed by atoms with Gasteiger partial charge in [-0.05, 0) is 46.7 Å². The lowest BCUT2D eigenvalue weighted by molar-refractivity contribution is -0.123. The smallest absolute Gasteiger partial charge is 0.237 e. The molecular weight excluding hydrogens is 250 g/mol. The molecule has 0 bridgehead atoms. The van der Waals surface area contributed by atoms with Crippen LogP contribution in [0.4, 0.5) is 0 Å². The molecule has 3 unspecified atom stereocenters. The lowest BCUT2D eigenvalue weighted by Gasteiger charge is -2.27. The van der Waals surface area contributed by atoms with Gasteiger partial charge in [-0.2, -0.15) is 0 Å². The second kappa shape index (κ2) is 10.2. The Bertz CT molecular complexity index is 256. The Morgan fingerprint density at radius 1 is 1.15 bits per heavy atom. The van der Waals surface area contributed by atoms with Crippen molar-refractivity contribution in [1.82, 2.24) is 15.5 Å². The van der Waals surface area contributed by atoms with Crippen LogP contribution in [0.3, 0.4) is 0 Å². The first-order valence-electron chi connectivity index (χ1n) is 7.97. The fraction of sp³-hybridized carbons (Fsp3) is 0.938. The number of hydrogen-bond acceptors (Lipinski definition) is 3. The van der Waals surface area contributed by atoms with Crippen LogP contribution in [0.15, 0.2) is 0 Å². The van der Waals surface area contributed by atoms with Gasteiger partial charge in [0.25, 0.3) is 0 Å². The Balaban J connectivity index is 4.34. The zero-order valence-corrected chi connectivity index (χ0v) is 14.5. The summed E-state index contributed by atoms with van der Waals surface area (Å²) in [4.78, 5) is 14.3. The standard InChI is InChI=1S/C16H35N3O/c1-8-9-13(4)17-16(20)14(5)18-15(10-12(2)3)11-19(6)7/h12-15,18H,8-11H2,1-7H3,(H,17,20). The molecule has 2 N–H and O–H groups in total. The van der Waals surface area contributed by atoms with Crippen molar-refractivity contribution in [3.05, 3.63) is 0 Å². The molecule has 0 spiro atoms. The Hall–Kier alpha value is -0.610. The number of hydrogen-bond donors (Lipinski definition) is 2. The molecule has 20 heavy (non-hydrogen) atoms. The van der Waals surface area contributed by atoms with E-state index in [2.05, 4.69) is 57.3 Å². The highest BCUT2D eigenvalue weighted by Crippen LogP contribution is 2.07. The molecule has 120 valence electrons. The minimum atomic E-state index is -0.141. The van der Waals surface area contributed by atoms with Crippen LogP contribution >= 0.6 is 0 Å². The third kappa shape index (κ3) is 9.32. The van der Waals surface area contributed by atoms with E-state index in [-0.39, 0.29) is 18.0 Å². The summed E-state index contributed by atoms with van der Waals surface area (Å²) in [6, 6.07) is 0.472. The summed E-state index contributed by atoms with van der Waals surface area (Å²) in [6.45, 7) is 11.6. The van der Waals surface area contributed by atoms with Crippen LogP contribution in [0.2, 0.25) is 0 Å². The minimum absolute atomic E-state index is 0.110. The summed E-state index contributed by atoms with van der Waals surface area (Å²) in [5.74, 6) is 0.736. The third-order valence-electron chi connectivity index (χ3n) is 3.33. The summed E-state index contributed by atoms with van der Waals surface area (Å²) in [7, 11) is 4.14. The monoisotopic (exact) mass is 285 g/mol. The number of carbonyl (C=O) groups excluding carboxylic acids is 1. The Morgan fingerprint density at radius 2 is 1.75 bits per heavy atom. The maximum atomic E-state index is 12.1. The van der Waals surface area contributed by atoms with Gasteiger partial charge in [0.1, 0.15) is 0 Å². The number of nitrogens with one attached hydrogen (secondary N) is 2. The second-order valence-electron chi connectivity index (χ2n) is 6.68. The molecule has 0 aliphatic rings. The molecule has 0 saturated carbocycles. The number of likely N-dealkylation sites (N-methyl/N-ethyl adjacent to an activating group) is 1. The van der Waals surface area contributed by atoms with E-state index in [1.807, 2.05) is 6.92 Å². The average molecular weight is 285 g/mol. The first-order valence-corrected chi connectivity index (χ1v) is 7.97. The molecule has 0 aliphatic carbocycles. The molecule has 0 saturated heterocycles. The van der Waals surface area contributed by atoms with Gasteiger partial charge >= 0.3 is 0 Å². The topological polar surface area (TPSA) is 44.4 Å². The fourth-order valence-electron chi connectivity index (χ4n) is 2.51. The number of rotatable bonds is 10. The molecule has 0 aromatic rings. The van der Waals surface area contributed by atoms with Gasteiger partial charge in [0.2, 0.25) is 5.91 Å². The summed E-state index contributed by atoms with van der Waals surface area (Å²) >= 11 is 0. The lowest BCUT2D eigenvalue weighted by Crippen LogP contribution is -2.51. The molecule has 0 fully saturated rings. The van der Waals surface area contributed by atoms with Gasteiger partial charge in [0.05, 0.1) is 6.04 Å². The van der Waals surface area contributed by atoms with Gasteiger partial charge < -0.3 is 15.5 Å². The maximum absolute atomic E-state index is 12.1. The fourth-order valence-corrected chi connectivity index (χ4v) is 2.51. The molecule has 0 heterocycles. The van der Waals surface area contributed by atoms with Crippen LogP contribution in [-0.4, -0.2) is 49.6 Å². The predicted octanol–water partition coefficient (Wildman–Crippen LogP) is 2.25. The summed E-state index contributed by atoms with van der Waals surface area (Å²) < 4.78 is 0. The molecule has 0 aromatic carbocycles. The highest BCUT2D eigenvalue weighted by molar-refractivity contribution is 5.81. The van der Waals surface area contributed by atoms with Crippen molar-refractivity contribution in [1.29, 1.82) is 0 Å². The van der Waals surface area contributed by atoms with Crippen molar-refractivity contribution in [3.8, 4) is 0 Å². The highest BCUT2D eigenvalue weighted by atomic mass is 16.2. The van der Waals surface area contributed by atoms with E-state index >= 15 is 0 Å². The van der Waals surface area contributed by atoms with E-state index in [9.17, 15) is 4.79 Å². The summed E-state index contributed by atoms with van der Waals surface area (Å²) in [5, 5.41) is 6.55. The van der Waals surface area contributed by atoms with E-state index in [1.54, 1.807) is 0 Å². The van der Waals surface area contributed by atoms with Gasteiger partial charge in [-0.1, -0.05) is 27.2 Å². The summed E-state index contributed by atoms with van der Waals surface area (Å²) in [6.07, 6.45) is 3.21. The molecule has 0 aromatic heterocycles. The van der Waals surface area contributed by atoms with Crippen LogP contribution < -0.4 is 10.6 Å². The maximum Gasteiger partial charge on any atom is 0.237 e. The average Bonchev–Trinajstić information content (AvgIpc) is 2.26. The van der Waals surface area contributed by atoms with E-state index < -0.39 is 0 Å². The van der Waals surface area contributed by atoms with E-state index in [0.717, 1.165) is 25.8 Å². The van der Waals surface area contributed by atoms with Crippen LogP contribution in [-0.2, 0) is 4.79 Å². The normalized spacial score (nSPS) is 16.2. The van der Waals surface area contributed by atoms with E-state index in [4.69, 9.17) is 0 Å². The molecule has 3 atom stereocenters. The zero-order chi connectivity index (χ0) is 15.7. The number of amides is 1. The van der Waals surface area contributed by atoms with Gasteiger partial charge in [-0.3, -0.25) is 4.79 Å².